The van der Waals surface area contributed by atoms with Crippen molar-refractivity contribution < 1.29 is 23.5 Å². The molecule has 32 heavy (non-hydrogen) atoms. The lowest BCUT2D eigenvalue weighted by molar-refractivity contribution is 0.102. The number of nitrogens with one attached hydrogen (secondary N) is 1. The van der Waals surface area contributed by atoms with Gasteiger partial charge in [-0.1, -0.05) is 17.3 Å². The van der Waals surface area contributed by atoms with Gasteiger partial charge in [-0.2, -0.15) is 4.98 Å². The zero-order valence-corrected chi connectivity index (χ0v) is 17.8. The van der Waals surface area contributed by atoms with Crippen LogP contribution in [-0.2, 0) is 0 Å². The average Bonchev–Trinajstić information content (AvgIpc) is 3.34. The number of hydrogen-bond acceptors (Lipinski definition) is 7. The summed E-state index contributed by atoms with van der Waals surface area (Å²) in [5, 5.41) is 6.97. The first kappa shape index (κ1) is 20.9. The molecule has 8 nitrogen and oxygen atoms in total. The maximum Gasteiger partial charge on any atom is 0.260 e. The van der Waals surface area contributed by atoms with Crippen molar-refractivity contribution in [3.63, 3.8) is 0 Å². The molecular formula is C24H21N3O5. The van der Waals surface area contributed by atoms with E-state index in [0.29, 0.717) is 34.1 Å². The van der Waals surface area contributed by atoms with Crippen molar-refractivity contribution in [1.29, 1.82) is 0 Å². The molecule has 1 heterocycles. The van der Waals surface area contributed by atoms with Crippen molar-refractivity contribution in [2.75, 3.05) is 26.6 Å². The molecule has 0 bridgehead atoms. The van der Waals surface area contributed by atoms with Crippen molar-refractivity contribution in [2.24, 2.45) is 0 Å². The minimum atomic E-state index is -0.329. The van der Waals surface area contributed by atoms with E-state index in [-0.39, 0.29) is 11.8 Å². The van der Waals surface area contributed by atoms with E-state index in [1.54, 1.807) is 37.4 Å². The van der Waals surface area contributed by atoms with Gasteiger partial charge < -0.3 is 24.1 Å². The van der Waals surface area contributed by atoms with Crippen LogP contribution in [0.2, 0.25) is 0 Å². The molecule has 0 aliphatic carbocycles. The smallest absolute Gasteiger partial charge is 0.260 e. The fraction of sp³-hybridized carbons (Fsp3) is 0.125. The Morgan fingerprint density at radius 2 is 1.50 bits per heavy atom. The number of para-hydroxylation sites is 1. The number of ether oxygens (including phenoxy) is 3. The molecule has 3 aromatic carbocycles. The minimum Gasteiger partial charge on any atom is -0.497 e. The van der Waals surface area contributed by atoms with Crippen LogP contribution in [0.5, 0.6) is 17.2 Å². The van der Waals surface area contributed by atoms with E-state index >= 15 is 0 Å². The van der Waals surface area contributed by atoms with E-state index in [0.717, 1.165) is 11.3 Å². The molecule has 8 heteroatoms. The van der Waals surface area contributed by atoms with Crippen LogP contribution >= 0.6 is 0 Å². The number of aromatic nitrogens is 2. The van der Waals surface area contributed by atoms with Crippen molar-refractivity contribution in [3.05, 3.63) is 72.3 Å². The third-order valence-corrected chi connectivity index (χ3v) is 4.79. The fourth-order valence-electron chi connectivity index (χ4n) is 3.10. The average molecular weight is 431 g/mol. The molecule has 0 atom stereocenters. The van der Waals surface area contributed by atoms with Crippen LogP contribution in [0.1, 0.15) is 10.4 Å². The zero-order valence-electron chi connectivity index (χ0n) is 17.8. The number of amides is 1. The molecule has 0 radical (unpaired) electrons. The van der Waals surface area contributed by atoms with Crippen LogP contribution in [0.3, 0.4) is 0 Å². The van der Waals surface area contributed by atoms with Gasteiger partial charge in [0.2, 0.25) is 5.82 Å². The minimum absolute atomic E-state index is 0.287. The van der Waals surface area contributed by atoms with Gasteiger partial charge in [-0.3, -0.25) is 4.79 Å². The van der Waals surface area contributed by atoms with E-state index < -0.39 is 0 Å². The van der Waals surface area contributed by atoms with Crippen molar-refractivity contribution in [1.82, 2.24) is 10.1 Å². The zero-order chi connectivity index (χ0) is 22.5. The Bertz CT molecular complexity index is 1210. The number of methoxy groups -OCH3 is 3. The maximum absolute atomic E-state index is 12.9. The second kappa shape index (κ2) is 9.22. The Balaban J connectivity index is 1.61. The third-order valence-electron chi connectivity index (χ3n) is 4.79. The standard InChI is InChI=1S/C24H21N3O5/c1-29-17-10-8-15(9-11-17)22-26-24(32-27-22)20-6-4-5-7-21(20)25-23(28)16-12-18(30-2)14-19(13-16)31-3/h4-14H,1-3H3,(H,25,28). The largest absolute Gasteiger partial charge is 0.497 e. The molecule has 162 valence electrons. The number of nitrogens with zero attached hydrogens (tertiary/aromatic N) is 2. The summed E-state index contributed by atoms with van der Waals surface area (Å²) in [6.45, 7) is 0. The molecule has 0 aliphatic rings. The highest BCUT2D eigenvalue weighted by molar-refractivity contribution is 6.06. The number of anilines is 1. The predicted octanol–water partition coefficient (Wildman–Crippen LogP) is 4.68. The number of hydrogen-bond donors (Lipinski definition) is 1. The summed E-state index contributed by atoms with van der Waals surface area (Å²) in [6.07, 6.45) is 0. The van der Waals surface area contributed by atoms with Crippen molar-refractivity contribution in [3.8, 4) is 40.1 Å². The summed E-state index contributed by atoms with van der Waals surface area (Å²) in [7, 11) is 4.66. The van der Waals surface area contributed by atoms with Gasteiger partial charge in [0.25, 0.3) is 11.8 Å². The number of benzene rings is 3. The van der Waals surface area contributed by atoms with E-state index in [9.17, 15) is 4.79 Å². The van der Waals surface area contributed by atoms with Gasteiger partial charge in [0.15, 0.2) is 0 Å². The molecule has 1 amide bonds. The van der Waals surface area contributed by atoms with Crippen LogP contribution < -0.4 is 19.5 Å². The summed E-state index contributed by atoms with van der Waals surface area (Å²) in [5.41, 5.74) is 2.30. The fourth-order valence-corrected chi connectivity index (χ4v) is 3.10. The highest BCUT2D eigenvalue weighted by Gasteiger charge is 2.17. The van der Waals surface area contributed by atoms with Gasteiger partial charge >= 0.3 is 0 Å². The monoisotopic (exact) mass is 431 g/mol. The predicted molar refractivity (Wildman–Crippen MR) is 119 cm³/mol. The van der Waals surface area contributed by atoms with E-state index in [1.807, 2.05) is 36.4 Å². The molecule has 0 spiro atoms. The molecule has 1 aromatic heterocycles. The second-order valence-corrected chi connectivity index (χ2v) is 6.75. The van der Waals surface area contributed by atoms with Gasteiger partial charge in [0, 0.05) is 17.2 Å². The summed E-state index contributed by atoms with van der Waals surface area (Å²) < 4.78 is 21.2. The Hall–Kier alpha value is -4.33. The van der Waals surface area contributed by atoms with Crippen molar-refractivity contribution in [2.45, 2.75) is 0 Å². The maximum atomic E-state index is 12.9. The first-order valence-corrected chi connectivity index (χ1v) is 9.73. The van der Waals surface area contributed by atoms with Crippen LogP contribution in [-0.4, -0.2) is 37.4 Å². The molecule has 0 fully saturated rings. The molecule has 0 saturated carbocycles. The molecule has 0 aliphatic heterocycles. The second-order valence-electron chi connectivity index (χ2n) is 6.75. The Labute approximate surface area is 184 Å². The van der Waals surface area contributed by atoms with Gasteiger partial charge in [-0.15, -0.1) is 0 Å². The van der Waals surface area contributed by atoms with Gasteiger partial charge in [0.1, 0.15) is 17.2 Å². The normalized spacial score (nSPS) is 10.5. The molecule has 4 aromatic rings. The number of carbonyl (C=O) groups excluding carboxylic acids is 1. The molecule has 0 saturated heterocycles. The molecular weight excluding hydrogens is 410 g/mol. The van der Waals surface area contributed by atoms with E-state index in [1.165, 1.54) is 14.2 Å². The van der Waals surface area contributed by atoms with Crippen LogP contribution in [0, 0.1) is 0 Å². The van der Waals surface area contributed by atoms with E-state index in [2.05, 4.69) is 15.5 Å². The molecule has 4 rings (SSSR count). The summed E-state index contributed by atoms with van der Waals surface area (Å²) >= 11 is 0. The highest BCUT2D eigenvalue weighted by Crippen LogP contribution is 2.30. The lowest BCUT2D eigenvalue weighted by atomic mass is 10.1. The lowest BCUT2D eigenvalue weighted by Gasteiger charge is -2.11. The Kier molecular flexibility index (Phi) is 6.03. The summed E-state index contributed by atoms with van der Waals surface area (Å²) in [6, 6.07) is 19.5. The van der Waals surface area contributed by atoms with Crippen LogP contribution in [0.4, 0.5) is 5.69 Å². The van der Waals surface area contributed by atoms with Gasteiger partial charge in [-0.25, -0.2) is 0 Å². The first-order valence-electron chi connectivity index (χ1n) is 9.73. The van der Waals surface area contributed by atoms with Crippen LogP contribution in [0.25, 0.3) is 22.8 Å². The highest BCUT2D eigenvalue weighted by atomic mass is 16.5. The first-order chi connectivity index (χ1) is 15.6. The SMILES string of the molecule is COc1ccc(-c2noc(-c3ccccc3NC(=O)c3cc(OC)cc(OC)c3)n2)cc1. The summed E-state index contributed by atoms with van der Waals surface area (Å²) in [4.78, 5) is 17.4. The quantitative estimate of drug-likeness (QED) is 0.454. The lowest BCUT2D eigenvalue weighted by Crippen LogP contribution is -2.13. The number of carbonyl (C=O) groups is 1. The van der Waals surface area contributed by atoms with E-state index in [4.69, 9.17) is 18.7 Å². The van der Waals surface area contributed by atoms with Crippen LogP contribution in [0.15, 0.2) is 71.3 Å². The Morgan fingerprint density at radius 1 is 0.844 bits per heavy atom. The summed E-state index contributed by atoms with van der Waals surface area (Å²) in [5.74, 6) is 2.16. The van der Waals surface area contributed by atoms with Crippen molar-refractivity contribution >= 4 is 11.6 Å². The topological polar surface area (TPSA) is 95.7 Å². The third kappa shape index (κ3) is 4.39. The molecule has 0 unspecified atom stereocenters. The van der Waals surface area contributed by atoms with Gasteiger partial charge in [0.05, 0.1) is 32.6 Å². The van der Waals surface area contributed by atoms with Gasteiger partial charge in [-0.05, 0) is 48.5 Å². The molecule has 1 N–H and O–H groups in total. The Morgan fingerprint density at radius 3 is 2.16 bits per heavy atom. The number of rotatable bonds is 7.